The quantitative estimate of drug-likeness (QED) is 0.591. The Labute approximate surface area is 117 Å². The zero-order valence-corrected chi connectivity index (χ0v) is 12.9. The molecule has 1 aromatic rings. The number of benzene rings is 1. The number of hydrogen-bond acceptors (Lipinski definition) is 1. The van der Waals surface area contributed by atoms with Crippen molar-refractivity contribution in [2.75, 3.05) is 6.61 Å². The fourth-order valence-electron chi connectivity index (χ4n) is 2.17. The third-order valence-corrected chi connectivity index (χ3v) is 3.75. The van der Waals surface area contributed by atoms with Gasteiger partial charge in [-0.3, -0.25) is 0 Å². The van der Waals surface area contributed by atoms with Crippen LogP contribution >= 0.6 is 12.6 Å². The van der Waals surface area contributed by atoms with Crippen molar-refractivity contribution in [2.45, 2.75) is 63.7 Å². The van der Waals surface area contributed by atoms with Crippen LogP contribution in [0.25, 0.3) is 0 Å². The van der Waals surface area contributed by atoms with Crippen LogP contribution in [0.1, 0.15) is 58.9 Å². The summed E-state index contributed by atoms with van der Waals surface area (Å²) in [5.41, 5.74) is 1.53. The zero-order chi connectivity index (χ0) is 13.6. The van der Waals surface area contributed by atoms with Crippen LogP contribution in [0.4, 0.5) is 0 Å². The molecular formula is C16H25OS. The molecule has 18 heavy (non-hydrogen) atoms. The van der Waals surface area contributed by atoms with Crippen LogP contribution < -0.4 is 4.74 Å². The maximum Gasteiger partial charge on any atom is 0.137 e. The van der Waals surface area contributed by atoms with Gasteiger partial charge in [0.25, 0.3) is 0 Å². The average molecular weight is 265 g/mol. The molecule has 0 saturated carbocycles. The lowest BCUT2D eigenvalue weighted by Gasteiger charge is -2.26. The van der Waals surface area contributed by atoms with Gasteiger partial charge in [0.15, 0.2) is 0 Å². The Morgan fingerprint density at radius 1 is 1.17 bits per heavy atom. The maximum atomic E-state index is 5.50. The van der Waals surface area contributed by atoms with E-state index in [2.05, 4.69) is 32.9 Å². The SMILES string of the molecule is CCCCCC(C)(C)c1ccc(OCC)c([S])c1. The van der Waals surface area contributed by atoms with Crippen LogP contribution in [0.5, 0.6) is 5.75 Å². The van der Waals surface area contributed by atoms with Crippen molar-refractivity contribution < 1.29 is 4.74 Å². The van der Waals surface area contributed by atoms with E-state index >= 15 is 0 Å². The van der Waals surface area contributed by atoms with Crippen LogP contribution in [0.2, 0.25) is 0 Å². The molecule has 0 amide bonds. The van der Waals surface area contributed by atoms with E-state index in [1.807, 2.05) is 13.0 Å². The number of rotatable bonds is 7. The molecule has 1 nitrogen and oxygen atoms in total. The van der Waals surface area contributed by atoms with Crippen LogP contribution in [0.15, 0.2) is 23.1 Å². The molecule has 1 aromatic carbocycles. The van der Waals surface area contributed by atoms with Crippen LogP contribution in [-0.4, -0.2) is 6.61 Å². The first kappa shape index (κ1) is 15.3. The molecule has 1 radical (unpaired) electrons. The lowest BCUT2D eigenvalue weighted by atomic mass is 9.80. The first-order valence-corrected chi connectivity index (χ1v) is 7.36. The smallest absolute Gasteiger partial charge is 0.137 e. The largest absolute Gasteiger partial charge is 0.492 e. The molecule has 0 saturated heterocycles. The van der Waals surface area contributed by atoms with E-state index in [0.29, 0.717) is 6.61 Å². The Bertz CT molecular complexity index is 371. The average Bonchev–Trinajstić information content (AvgIpc) is 2.32. The summed E-state index contributed by atoms with van der Waals surface area (Å²) in [4.78, 5) is 0.831. The lowest BCUT2D eigenvalue weighted by Crippen LogP contribution is -2.17. The second kappa shape index (κ2) is 6.98. The zero-order valence-electron chi connectivity index (χ0n) is 12.1. The Morgan fingerprint density at radius 3 is 2.44 bits per heavy atom. The highest BCUT2D eigenvalue weighted by Gasteiger charge is 2.21. The summed E-state index contributed by atoms with van der Waals surface area (Å²) in [5, 5.41) is 0. The van der Waals surface area contributed by atoms with Gasteiger partial charge >= 0.3 is 0 Å². The number of unbranched alkanes of at least 4 members (excludes halogenated alkanes) is 2. The van der Waals surface area contributed by atoms with Gasteiger partial charge < -0.3 is 4.74 Å². The molecule has 0 aromatic heterocycles. The second-order valence-corrected chi connectivity index (χ2v) is 5.88. The normalized spacial score (nSPS) is 11.6. The van der Waals surface area contributed by atoms with Crippen molar-refractivity contribution in [2.24, 2.45) is 0 Å². The number of hydrogen-bond donors (Lipinski definition) is 0. The predicted octanol–water partition coefficient (Wildman–Crippen LogP) is 5.50. The van der Waals surface area contributed by atoms with Gasteiger partial charge in [-0.15, -0.1) is 0 Å². The second-order valence-electron chi connectivity index (χ2n) is 5.44. The highest BCUT2D eigenvalue weighted by atomic mass is 32.1. The molecule has 0 aliphatic carbocycles. The van der Waals surface area contributed by atoms with Gasteiger partial charge in [-0.05, 0) is 36.5 Å². The third-order valence-electron chi connectivity index (χ3n) is 3.43. The highest BCUT2D eigenvalue weighted by Crippen LogP contribution is 2.33. The summed E-state index contributed by atoms with van der Waals surface area (Å²) in [6, 6.07) is 6.28. The van der Waals surface area contributed by atoms with Crippen molar-refractivity contribution >= 4 is 12.6 Å². The van der Waals surface area contributed by atoms with E-state index in [0.717, 1.165) is 10.6 Å². The summed E-state index contributed by atoms with van der Waals surface area (Å²) >= 11 is 5.38. The summed E-state index contributed by atoms with van der Waals surface area (Å²) in [6.45, 7) is 9.49. The first-order valence-electron chi connectivity index (χ1n) is 6.95. The predicted molar refractivity (Wildman–Crippen MR) is 80.6 cm³/mol. The summed E-state index contributed by atoms with van der Waals surface area (Å²) in [5.74, 6) is 0.834. The Hall–Kier alpha value is -0.760. The van der Waals surface area contributed by atoms with Crippen LogP contribution in [0.3, 0.4) is 0 Å². The van der Waals surface area contributed by atoms with Crippen molar-refractivity contribution in [3.8, 4) is 5.75 Å². The van der Waals surface area contributed by atoms with Gasteiger partial charge in [-0.25, -0.2) is 0 Å². The van der Waals surface area contributed by atoms with Crippen LogP contribution in [0, 0.1) is 0 Å². The minimum atomic E-state index is 0.202. The lowest BCUT2D eigenvalue weighted by molar-refractivity contribution is 0.331. The molecule has 101 valence electrons. The Morgan fingerprint density at radius 2 is 1.89 bits per heavy atom. The maximum absolute atomic E-state index is 5.50. The van der Waals surface area contributed by atoms with Crippen molar-refractivity contribution in [1.82, 2.24) is 0 Å². The molecule has 0 heterocycles. The molecule has 0 atom stereocenters. The molecule has 0 unspecified atom stereocenters. The molecule has 0 aliphatic rings. The molecule has 0 bridgehead atoms. The third kappa shape index (κ3) is 4.16. The van der Waals surface area contributed by atoms with Gasteiger partial charge in [0.05, 0.1) is 11.5 Å². The molecule has 2 heteroatoms. The molecule has 0 fully saturated rings. The molecule has 0 N–H and O–H groups in total. The van der Waals surface area contributed by atoms with Crippen molar-refractivity contribution in [1.29, 1.82) is 0 Å². The van der Waals surface area contributed by atoms with E-state index < -0.39 is 0 Å². The topological polar surface area (TPSA) is 9.23 Å². The van der Waals surface area contributed by atoms with Gasteiger partial charge in [0, 0.05) is 0 Å². The van der Waals surface area contributed by atoms with Crippen molar-refractivity contribution in [3.63, 3.8) is 0 Å². The van der Waals surface area contributed by atoms with Gasteiger partial charge in [0.1, 0.15) is 5.75 Å². The van der Waals surface area contributed by atoms with Gasteiger partial charge in [-0.1, -0.05) is 58.7 Å². The van der Waals surface area contributed by atoms with E-state index in [-0.39, 0.29) is 5.41 Å². The molecular weight excluding hydrogens is 240 g/mol. The van der Waals surface area contributed by atoms with Gasteiger partial charge in [-0.2, -0.15) is 0 Å². The number of ether oxygens (including phenoxy) is 1. The van der Waals surface area contributed by atoms with E-state index in [9.17, 15) is 0 Å². The minimum absolute atomic E-state index is 0.202. The summed E-state index contributed by atoms with van der Waals surface area (Å²) in [7, 11) is 0. The molecule has 1 rings (SSSR count). The molecule has 0 aliphatic heterocycles. The van der Waals surface area contributed by atoms with Gasteiger partial charge in [0.2, 0.25) is 0 Å². The van der Waals surface area contributed by atoms with E-state index in [1.54, 1.807) is 0 Å². The monoisotopic (exact) mass is 265 g/mol. The van der Waals surface area contributed by atoms with Crippen LogP contribution in [-0.2, 0) is 5.41 Å². The van der Waals surface area contributed by atoms with Crippen molar-refractivity contribution in [3.05, 3.63) is 23.8 Å². The molecule has 0 spiro atoms. The Balaban J connectivity index is 2.79. The first-order chi connectivity index (χ1) is 8.51. The minimum Gasteiger partial charge on any atom is -0.492 e. The summed E-state index contributed by atoms with van der Waals surface area (Å²) < 4.78 is 5.50. The highest BCUT2D eigenvalue weighted by molar-refractivity contribution is 7.80. The fourth-order valence-corrected chi connectivity index (χ4v) is 2.42. The standard InChI is InChI=1S/C16H25OS/c1-5-7-8-11-16(3,4)13-9-10-14(17-6-2)15(18)12-13/h9-10,12H,5-8,11H2,1-4H3. The Kier molecular flexibility index (Phi) is 5.94. The summed E-state index contributed by atoms with van der Waals surface area (Å²) in [6.07, 6.45) is 5.07. The fraction of sp³-hybridized carbons (Fsp3) is 0.625. The van der Waals surface area contributed by atoms with E-state index in [4.69, 9.17) is 17.4 Å². The van der Waals surface area contributed by atoms with E-state index in [1.165, 1.54) is 31.2 Å².